The maximum absolute atomic E-state index is 11.9. The third kappa shape index (κ3) is 4.42. The number of nitrogens with two attached hydrogens (primary N) is 1. The molecule has 0 bridgehead atoms. The van der Waals surface area contributed by atoms with Gasteiger partial charge >= 0.3 is 0 Å². The van der Waals surface area contributed by atoms with E-state index in [4.69, 9.17) is 15.2 Å². The molecule has 5 nitrogen and oxygen atoms in total. The Balaban J connectivity index is 2.91. The Morgan fingerprint density at radius 2 is 1.90 bits per heavy atom. The fourth-order valence-corrected chi connectivity index (χ4v) is 1.77. The van der Waals surface area contributed by atoms with Gasteiger partial charge in [-0.15, -0.1) is 0 Å². The van der Waals surface area contributed by atoms with Crippen molar-refractivity contribution >= 4 is 5.91 Å². The molecule has 0 fully saturated rings. The second-order valence-corrected chi connectivity index (χ2v) is 5.12. The van der Waals surface area contributed by atoms with Crippen molar-refractivity contribution in [2.24, 2.45) is 5.73 Å². The van der Waals surface area contributed by atoms with Gasteiger partial charge in [0.15, 0.2) is 6.10 Å². The van der Waals surface area contributed by atoms with Crippen molar-refractivity contribution in [2.75, 3.05) is 7.11 Å². The van der Waals surface area contributed by atoms with Crippen LogP contribution in [0.2, 0.25) is 0 Å². The van der Waals surface area contributed by atoms with Crippen LogP contribution < -0.4 is 20.5 Å². The third-order valence-corrected chi connectivity index (χ3v) is 2.82. The third-order valence-electron chi connectivity index (χ3n) is 2.82. The lowest BCUT2D eigenvalue weighted by molar-refractivity contribution is -0.127. The first-order valence-electron chi connectivity index (χ1n) is 6.75. The molecule has 0 spiro atoms. The molecule has 0 heterocycles. The molecule has 1 aromatic rings. The minimum atomic E-state index is -0.595. The maximum atomic E-state index is 11.9. The first-order chi connectivity index (χ1) is 9.35. The van der Waals surface area contributed by atoms with E-state index in [0.29, 0.717) is 11.5 Å². The summed E-state index contributed by atoms with van der Waals surface area (Å²) in [5.41, 5.74) is 6.76. The molecule has 1 aromatic carbocycles. The molecule has 3 N–H and O–H groups in total. The van der Waals surface area contributed by atoms with Crippen molar-refractivity contribution < 1.29 is 14.3 Å². The summed E-state index contributed by atoms with van der Waals surface area (Å²) in [7, 11) is 1.58. The van der Waals surface area contributed by atoms with E-state index < -0.39 is 6.10 Å². The fraction of sp³-hybridized carbons (Fsp3) is 0.533. The molecule has 0 saturated carbocycles. The van der Waals surface area contributed by atoms with Gasteiger partial charge in [-0.05, 0) is 33.8 Å². The molecule has 1 amide bonds. The molecule has 0 aliphatic heterocycles. The average molecular weight is 280 g/mol. The second-order valence-electron chi connectivity index (χ2n) is 5.12. The van der Waals surface area contributed by atoms with Crippen LogP contribution in [-0.4, -0.2) is 25.2 Å². The van der Waals surface area contributed by atoms with Crippen LogP contribution >= 0.6 is 0 Å². The first kappa shape index (κ1) is 16.3. The number of rotatable bonds is 6. The van der Waals surface area contributed by atoms with Crippen molar-refractivity contribution in [1.82, 2.24) is 5.32 Å². The summed E-state index contributed by atoms with van der Waals surface area (Å²) in [4.78, 5) is 11.9. The van der Waals surface area contributed by atoms with Gasteiger partial charge in [0, 0.05) is 23.7 Å². The van der Waals surface area contributed by atoms with Gasteiger partial charge < -0.3 is 20.5 Å². The standard InChI is InChI=1S/C15H24N2O3/c1-9(2)17-15(18)11(4)20-14-8-12(19-5)6-7-13(14)10(3)16/h6-11H,16H2,1-5H3,(H,17,18)/t10-,11?/m0/s1. The molecule has 112 valence electrons. The highest BCUT2D eigenvalue weighted by Gasteiger charge is 2.18. The SMILES string of the molecule is COc1ccc([C@H](C)N)c(OC(C)C(=O)NC(C)C)c1. The zero-order chi connectivity index (χ0) is 15.3. The monoisotopic (exact) mass is 280 g/mol. The van der Waals surface area contributed by atoms with E-state index in [1.165, 1.54) is 0 Å². The predicted octanol–water partition coefficient (Wildman–Crippen LogP) is 2.01. The van der Waals surface area contributed by atoms with Gasteiger partial charge in [-0.3, -0.25) is 4.79 Å². The number of hydrogen-bond acceptors (Lipinski definition) is 4. The van der Waals surface area contributed by atoms with E-state index in [-0.39, 0.29) is 18.0 Å². The number of ether oxygens (including phenoxy) is 2. The van der Waals surface area contributed by atoms with E-state index in [1.54, 1.807) is 20.1 Å². The van der Waals surface area contributed by atoms with Crippen molar-refractivity contribution in [2.45, 2.75) is 45.9 Å². The van der Waals surface area contributed by atoms with E-state index in [1.807, 2.05) is 32.9 Å². The Morgan fingerprint density at radius 3 is 2.40 bits per heavy atom. The Labute approximate surface area is 120 Å². The smallest absolute Gasteiger partial charge is 0.260 e. The molecular formula is C15H24N2O3. The normalized spacial score (nSPS) is 13.8. The van der Waals surface area contributed by atoms with E-state index in [2.05, 4.69) is 5.32 Å². The topological polar surface area (TPSA) is 73.6 Å². The Bertz CT molecular complexity index is 458. The van der Waals surface area contributed by atoms with Crippen LogP contribution in [0.4, 0.5) is 0 Å². The number of hydrogen-bond donors (Lipinski definition) is 2. The highest BCUT2D eigenvalue weighted by atomic mass is 16.5. The number of benzene rings is 1. The quantitative estimate of drug-likeness (QED) is 0.836. The lowest BCUT2D eigenvalue weighted by atomic mass is 10.1. The van der Waals surface area contributed by atoms with Crippen molar-refractivity contribution in [3.8, 4) is 11.5 Å². The van der Waals surface area contributed by atoms with Gasteiger partial charge in [0.25, 0.3) is 5.91 Å². The van der Waals surface area contributed by atoms with E-state index in [0.717, 1.165) is 5.56 Å². The number of methoxy groups -OCH3 is 1. The van der Waals surface area contributed by atoms with E-state index >= 15 is 0 Å². The highest BCUT2D eigenvalue weighted by Crippen LogP contribution is 2.29. The van der Waals surface area contributed by atoms with Crippen LogP contribution in [0.15, 0.2) is 18.2 Å². The molecule has 5 heteroatoms. The summed E-state index contributed by atoms with van der Waals surface area (Å²) < 4.78 is 10.9. The van der Waals surface area contributed by atoms with Crippen LogP contribution in [0.25, 0.3) is 0 Å². The lowest BCUT2D eigenvalue weighted by Crippen LogP contribution is -2.40. The van der Waals surface area contributed by atoms with Crippen molar-refractivity contribution in [1.29, 1.82) is 0 Å². The van der Waals surface area contributed by atoms with Crippen LogP contribution in [0.3, 0.4) is 0 Å². The maximum Gasteiger partial charge on any atom is 0.260 e. The molecule has 0 aromatic heterocycles. The minimum Gasteiger partial charge on any atom is -0.497 e. The summed E-state index contributed by atoms with van der Waals surface area (Å²) in [6.45, 7) is 7.39. The van der Waals surface area contributed by atoms with Crippen LogP contribution in [0.5, 0.6) is 11.5 Å². The molecule has 0 radical (unpaired) electrons. The molecule has 0 aliphatic carbocycles. The number of amides is 1. The molecular weight excluding hydrogens is 256 g/mol. The first-order valence-corrected chi connectivity index (χ1v) is 6.75. The summed E-state index contributed by atoms with van der Waals surface area (Å²) in [6.07, 6.45) is -0.595. The fourth-order valence-electron chi connectivity index (χ4n) is 1.77. The van der Waals surface area contributed by atoms with Gasteiger partial charge in [-0.2, -0.15) is 0 Å². The number of nitrogens with one attached hydrogen (secondary N) is 1. The Hall–Kier alpha value is -1.75. The Kier molecular flexibility index (Phi) is 5.82. The molecule has 20 heavy (non-hydrogen) atoms. The minimum absolute atomic E-state index is 0.0757. The average Bonchev–Trinajstić information content (AvgIpc) is 2.37. The van der Waals surface area contributed by atoms with Gasteiger partial charge in [-0.25, -0.2) is 0 Å². The van der Waals surface area contributed by atoms with Gasteiger partial charge in [-0.1, -0.05) is 6.07 Å². The lowest BCUT2D eigenvalue weighted by Gasteiger charge is -2.20. The van der Waals surface area contributed by atoms with Crippen molar-refractivity contribution in [3.63, 3.8) is 0 Å². The van der Waals surface area contributed by atoms with Crippen LogP contribution in [0, 0.1) is 0 Å². The predicted molar refractivity (Wildman–Crippen MR) is 79.0 cm³/mol. The molecule has 2 atom stereocenters. The van der Waals surface area contributed by atoms with Gasteiger partial charge in [0.05, 0.1) is 7.11 Å². The van der Waals surface area contributed by atoms with Crippen LogP contribution in [-0.2, 0) is 4.79 Å². The largest absolute Gasteiger partial charge is 0.497 e. The van der Waals surface area contributed by atoms with Gasteiger partial charge in [0.2, 0.25) is 0 Å². The molecule has 1 rings (SSSR count). The Morgan fingerprint density at radius 1 is 1.25 bits per heavy atom. The zero-order valence-corrected chi connectivity index (χ0v) is 12.8. The number of carbonyl (C=O) groups excluding carboxylic acids is 1. The zero-order valence-electron chi connectivity index (χ0n) is 12.8. The van der Waals surface area contributed by atoms with Crippen molar-refractivity contribution in [3.05, 3.63) is 23.8 Å². The second kappa shape index (κ2) is 7.14. The summed E-state index contributed by atoms with van der Waals surface area (Å²) in [5, 5.41) is 2.81. The summed E-state index contributed by atoms with van der Waals surface area (Å²) in [6, 6.07) is 5.32. The molecule has 1 unspecified atom stereocenters. The molecule has 0 aliphatic rings. The number of carbonyl (C=O) groups is 1. The van der Waals surface area contributed by atoms with Crippen LogP contribution in [0.1, 0.15) is 39.3 Å². The van der Waals surface area contributed by atoms with Gasteiger partial charge in [0.1, 0.15) is 11.5 Å². The summed E-state index contributed by atoms with van der Waals surface area (Å²) in [5.74, 6) is 1.09. The highest BCUT2D eigenvalue weighted by molar-refractivity contribution is 5.81. The summed E-state index contributed by atoms with van der Waals surface area (Å²) >= 11 is 0. The molecule has 0 saturated heterocycles. The van der Waals surface area contributed by atoms with E-state index in [9.17, 15) is 4.79 Å².